The van der Waals surface area contributed by atoms with Crippen LogP contribution < -0.4 is 5.32 Å². The van der Waals surface area contributed by atoms with Crippen LogP contribution in [0.2, 0.25) is 0 Å². The van der Waals surface area contributed by atoms with E-state index in [4.69, 9.17) is 0 Å². The minimum absolute atomic E-state index is 0.597. The zero-order valence-electron chi connectivity index (χ0n) is 7.95. The number of nitrogens with zero attached hydrogens (tertiary/aromatic N) is 2. The molecule has 1 aromatic rings. The maximum atomic E-state index is 4.08. The van der Waals surface area contributed by atoms with Crippen LogP contribution in [0.25, 0.3) is 0 Å². The van der Waals surface area contributed by atoms with Crippen LogP contribution >= 0.6 is 0 Å². The molecule has 13 heavy (non-hydrogen) atoms. The first-order valence-corrected chi connectivity index (χ1v) is 4.79. The molecule has 1 saturated heterocycles. The summed E-state index contributed by atoms with van der Waals surface area (Å²) in [6, 6.07) is 2.57. The van der Waals surface area contributed by atoms with Gasteiger partial charge < -0.3 is 10.2 Å². The number of hydrogen-bond acceptors (Lipinski definition) is 3. The monoisotopic (exact) mass is 180 g/mol. The highest BCUT2D eigenvalue weighted by Gasteiger charge is 2.16. The Balaban J connectivity index is 1.83. The molecule has 72 valence electrons. The van der Waals surface area contributed by atoms with Crippen LogP contribution in [0.5, 0.6) is 0 Å². The van der Waals surface area contributed by atoms with Gasteiger partial charge in [-0.25, -0.2) is 0 Å². The maximum absolute atomic E-state index is 4.08. The Morgan fingerprint density at radius 1 is 1.54 bits per heavy atom. The highest BCUT2D eigenvalue weighted by molar-refractivity contribution is 5.33. The molecule has 4 heteroatoms. The normalized spacial score (nSPS) is 20.4. The van der Waals surface area contributed by atoms with Crippen molar-refractivity contribution in [2.24, 2.45) is 0 Å². The summed E-state index contributed by atoms with van der Waals surface area (Å²) in [7, 11) is 2.17. The molecule has 0 amide bonds. The number of piperidine rings is 1. The minimum atomic E-state index is 0.597. The zero-order chi connectivity index (χ0) is 9.10. The third kappa shape index (κ3) is 2.21. The summed E-state index contributed by atoms with van der Waals surface area (Å²) in [6.45, 7) is 2.37. The van der Waals surface area contributed by atoms with Gasteiger partial charge in [-0.1, -0.05) is 0 Å². The molecule has 1 aliphatic heterocycles. The topological polar surface area (TPSA) is 44.0 Å². The highest BCUT2D eigenvalue weighted by Crippen LogP contribution is 2.13. The van der Waals surface area contributed by atoms with E-state index in [9.17, 15) is 0 Å². The smallest absolute Gasteiger partial charge is 0.147 e. The first-order valence-electron chi connectivity index (χ1n) is 4.79. The van der Waals surface area contributed by atoms with Gasteiger partial charge >= 0.3 is 0 Å². The van der Waals surface area contributed by atoms with E-state index >= 15 is 0 Å². The largest absolute Gasteiger partial charge is 0.366 e. The Morgan fingerprint density at radius 2 is 2.31 bits per heavy atom. The van der Waals surface area contributed by atoms with Gasteiger partial charge in [0.1, 0.15) is 5.82 Å². The van der Waals surface area contributed by atoms with Gasteiger partial charge in [0.05, 0.1) is 0 Å². The van der Waals surface area contributed by atoms with E-state index in [2.05, 4.69) is 27.5 Å². The SMILES string of the molecule is CN1CCC(Nc2cc[nH]n2)CC1. The molecule has 0 radical (unpaired) electrons. The number of nitrogens with one attached hydrogen (secondary N) is 2. The van der Waals surface area contributed by atoms with Crippen molar-refractivity contribution in [1.82, 2.24) is 15.1 Å². The van der Waals surface area contributed by atoms with Crippen LogP contribution in [0.1, 0.15) is 12.8 Å². The van der Waals surface area contributed by atoms with E-state index in [1.165, 1.54) is 25.9 Å². The molecule has 2 N–H and O–H groups in total. The molecule has 0 bridgehead atoms. The molecule has 1 aliphatic rings. The van der Waals surface area contributed by atoms with Crippen molar-refractivity contribution in [3.8, 4) is 0 Å². The van der Waals surface area contributed by atoms with Crippen molar-refractivity contribution in [1.29, 1.82) is 0 Å². The summed E-state index contributed by atoms with van der Waals surface area (Å²) in [6.07, 6.45) is 4.27. The van der Waals surface area contributed by atoms with Gasteiger partial charge in [-0.15, -0.1) is 0 Å². The van der Waals surface area contributed by atoms with E-state index < -0.39 is 0 Å². The van der Waals surface area contributed by atoms with Crippen molar-refractivity contribution < 1.29 is 0 Å². The molecule has 2 heterocycles. The van der Waals surface area contributed by atoms with Crippen LogP contribution in [0, 0.1) is 0 Å². The van der Waals surface area contributed by atoms with Crippen LogP contribution in [0.4, 0.5) is 5.82 Å². The molecular weight excluding hydrogens is 164 g/mol. The first-order chi connectivity index (χ1) is 6.34. The third-order valence-electron chi connectivity index (χ3n) is 2.57. The number of anilines is 1. The summed E-state index contributed by atoms with van der Waals surface area (Å²) in [5, 5.41) is 10.3. The van der Waals surface area contributed by atoms with E-state index in [0.29, 0.717) is 6.04 Å². The number of rotatable bonds is 2. The quantitative estimate of drug-likeness (QED) is 0.711. The van der Waals surface area contributed by atoms with Crippen molar-refractivity contribution in [3.63, 3.8) is 0 Å². The summed E-state index contributed by atoms with van der Waals surface area (Å²) in [5.74, 6) is 0.967. The van der Waals surface area contributed by atoms with Gasteiger partial charge in [0, 0.05) is 12.2 Å². The van der Waals surface area contributed by atoms with E-state index in [1.54, 1.807) is 0 Å². The van der Waals surface area contributed by atoms with E-state index in [1.807, 2.05) is 12.3 Å². The average molecular weight is 180 g/mol. The average Bonchev–Trinajstić information content (AvgIpc) is 2.62. The lowest BCUT2D eigenvalue weighted by Gasteiger charge is -2.29. The molecule has 1 aromatic heterocycles. The van der Waals surface area contributed by atoms with Crippen molar-refractivity contribution >= 4 is 5.82 Å². The second-order valence-corrected chi connectivity index (χ2v) is 3.68. The van der Waals surface area contributed by atoms with E-state index in [0.717, 1.165) is 5.82 Å². The first kappa shape index (κ1) is 8.56. The third-order valence-corrected chi connectivity index (χ3v) is 2.57. The van der Waals surface area contributed by atoms with Gasteiger partial charge in [0.25, 0.3) is 0 Å². The van der Waals surface area contributed by atoms with Gasteiger partial charge in [0.15, 0.2) is 0 Å². The fraction of sp³-hybridized carbons (Fsp3) is 0.667. The molecule has 0 spiro atoms. The molecule has 0 aromatic carbocycles. The Hall–Kier alpha value is -1.03. The van der Waals surface area contributed by atoms with Crippen LogP contribution in [0.15, 0.2) is 12.3 Å². The number of H-pyrrole nitrogens is 1. The lowest BCUT2D eigenvalue weighted by atomic mass is 10.1. The fourth-order valence-corrected chi connectivity index (χ4v) is 1.70. The molecule has 1 fully saturated rings. The molecule has 0 aliphatic carbocycles. The molecule has 2 rings (SSSR count). The Kier molecular flexibility index (Phi) is 2.49. The zero-order valence-corrected chi connectivity index (χ0v) is 7.95. The van der Waals surface area contributed by atoms with Gasteiger partial charge in [-0.3, -0.25) is 5.10 Å². The van der Waals surface area contributed by atoms with Crippen molar-refractivity contribution in [3.05, 3.63) is 12.3 Å². The number of hydrogen-bond donors (Lipinski definition) is 2. The number of aromatic amines is 1. The van der Waals surface area contributed by atoms with Crippen LogP contribution in [-0.2, 0) is 0 Å². The molecule has 0 unspecified atom stereocenters. The number of likely N-dealkylation sites (tertiary alicyclic amines) is 1. The number of aromatic nitrogens is 2. The van der Waals surface area contributed by atoms with Crippen LogP contribution in [0.3, 0.4) is 0 Å². The van der Waals surface area contributed by atoms with Gasteiger partial charge in [-0.05, 0) is 39.0 Å². The van der Waals surface area contributed by atoms with Crippen molar-refractivity contribution in [2.75, 3.05) is 25.5 Å². The second-order valence-electron chi connectivity index (χ2n) is 3.68. The predicted molar refractivity (Wildman–Crippen MR) is 52.7 cm³/mol. The molecule has 4 nitrogen and oxygen atoms in total. The summed E-state index contributed by atoms with van der Waals surface area (Å²) >= 11 is 0. The standard InChI is InChI=1S/C9H16N4/c1-13-6-3-8(4-7-13)11-9-2-5-10-12-9/h2,5,8H,3-4,6-7H2,1H3,(H2,10,11,12). The molecule has 0 atom stereocenters. The Bertz CT molecular complexity index is 236. The lowest BCUT2D eigenvalue weighted by molar-refractivity contribution is 0.263. The minimum Gasteiger partial charge on any atom is -0.366 e. The summed E-state index contributed by atoms with van der Waals surface area (Å²) in [5.41, 5.74) is 0. The Morgan fingerprint density at radius 3 is 2.92 bits per heavy atom. The summed E-state index contributed by atoms with van der Waals surface area (Å²) in [4.78, 5) is 2.36. The predicted octanol–water partition coefficient (Wildman–Crippen LogP) is 0.916. The second kappa shape index (κ2) is 3.79. The maximum Gasteiger partial charge on any atom is 0.147 e. The lowest BCUT2D eigenvalue weighted by Crippen LogP contribution is -2.36. The fourth-order valence-electron chi connectivity index (χ4n) is 1.70. The van der Waals surface area contributed by atoms with Crippen LogP contribution in [-0.4, -0.2) is 41.3 Å². The van der Waals surface area contributed by atoms with Gasteiger partial charge in [-0.2, -0.15) is 5.10 Å². The molecular formula is C9H16N4. The van der Waals surface area contributed by atoms with E-state index in [-0.39, 0.29) is 0 Å². The summed E-state index contributed by atoms with van der Waals surface area (Å²) < 4.78 is 0. The van der Waals surface area contributed by atoms with Crippen molar-refractivity contribution in [2.45, 2.75) is 18.9 Å². The Labute approximate surface area is 78.3 Å². The highest BCUT2D eigenvalue weighted by atomic mass is 15.2. The molecule has 0 saturated carbocycles. The van der Waals surface area contributed by atoms with Gasteiger partial charge in [0.2, 0.25) is 0 Å².